The summed E-state index contributed by atoms with van der Waals surface area (Å²) in [6, 6.07) is 1.98. The maximum atomic E-state index is 10.5. The molecule has 0 aromatic rings. The number of aliphatic carboxylic acids is 2. The lowest BCUT2D eigenvalue weighted by Crippen LogP contribution is -2.44. The Morgan fingerprint density at radius 2 is 1.10 bits per heavy atom. The van der Waals surface area contributed by atoms with E-state index in [1.165, 1.54) is 0 Å². The van der Waals surface area contributed by atoms with Crippen molar-refractivity contribution in [3.8, 4) is 0 Å². The molecule has 0 aliphatic rings. The largest absolute Gasteiger partial charge is 0.481 e. The number of carboxylic acids is 2. The maximum Gasteiger partial charge on any atom is 0.303 e. The maximum absolute atomic E-state index is 10.5. The molecule has 0 saturated carbocycles. The third-order valence-electron chi connectivity index (χ3n) is 3.39. The Hall–Kier alpha value is -0.666. The molecule has 124 valence electrons. The Morgan fingerprint density at radius 1 is 0.762 bits per heavy atom. The first kappa shape index (κ1) is 20.3. The van der Waals surface area contributed by atoms with Crippen LogP contribution >= 0.6 is 0 Å². The molecule has 0 radical (unpaired) electrons. The number of hydrogen-bond acceptors (Lipinski definition) is 3. The molecule has 0 unspecified atom stereocenters. The Kier molecular flexibility index (Phi) is 9.07. The molecule has 0 bridgehead atoms. The highest BCUT2D eigenvalue weighted by atomic mass is 28.4. The van der Waals surface area contributed by atoms with Gasteiger partial charge in [-0.25, -0.2) is 0 Å². The summed E-state index contributed by atoms with van der Waals surface area (Å²) in [5.41, 5.74) is 0. The zero-order valence-electron chi connectivity index (χ0n) is 13.8. The highest BCUT2D eigenvalue weighted by molar-refractivity contribution is 6.84. The molecule has 0 saturated heterocycles. The molecule has 2 N–H and O–H groups in total. The fourth-order valence-corrected chi connectivity index (χ4v) is 11.5. The van der Waals surface area contributed by atoms with Gasteiger partial charge in [0.15, 0.2) is 16.6 Å². The van der Waals surface area contributed by atoms with Crippen LogP contribution in [-0.4, -0.2) is 38.8 Å². The molecular formula is C14H30O5Si2. The van der Waals surface area contributed by atoms with Crippen molar-refractivity contribution in [2.24, 2.45) is 0 Å². The van der Waals surface area contributed by atoms with Gasteiger partial charge >= 0.3 is 11.9 Å². The first-order valence-corrected chi connectivity index (χ1v) is 13.9. The molecule has 0 spiro atoms. The van der Waals surface area contributed by atoms with Crippen molar-refractivity contribution in [3.63, 3.8) is 0 Å². The van der Waals surface area contributed by atoms with E-state index in [1.807, 2.05) is 0 Å². The average Bonchev–Trinajstić information content (AvgIpc) is 2.28. The third kappa shape index (κ3) is 12.8. The minimum atomic E-state index is -1.74. The second kappa shape index (κ2) is 9.37. The van der Waals surface area contributed by atoms with Gasteiger partial charge in [-0.2, -0.15) is 0 Å². The number of rotatable bonds is 12. The summed E-state index contributed by atoms with van der Waals surface area (Å²) in [6.07, 6.45) is 3.73. The van der Waals surface area contributed by atoms with E-state index in [9.17, 15) is 9.59 Å². The molecule has 21 heavy (non-hydrogen) atoms. The molecule has 0 amide bonds. The third-order valence-corrected chi connectivity index (χ3v) is 10.9. The van der Waals surface area contributed by atoms with Crippen molar-refractivity contribution in [3.05, 3.63) is 0 Å². The van der Waals surface area contributed by atoms with Crippen molar-refractivity contribution in [2.45, 2.75) is 76.8 Å². The molecule has 7 heteroatoms. The van der Waals surface area contributed by atoms with Crippen LogP contribution < -0.4 is 0 Å². The first-order valence-electron chi connectivity index (χ1n) is 7.68. The van der Waals surface area contributed by atoms with Gasteiger partial charge in [0.05, 0.1) is 0 Å². The van der Waals surface area contributed by atoms with Crippen LogP contribution in [0.15, 0.2) is 0 Å². The minimum Gasteiger partial charge on any atom is -0.481 e. The van der Waals surface area contributed by atoms with Gasteiger partial charge < -0.3 is 14.3 Å². The molecular weight excluding hydrogens is 304 g/mol. The van der Waals surface area contributed by atoms with E-state index >= 15 is 0 Å². The number of hydrogen-bond donors (Lipinski definition) is 2. The quantitative estimate of drug-likeness (QED) is 0.417. The highest BCUT2D eigenvalue weighted by Crippen LogP contribution is 2.25. The van der Waals surface area contributed by atoms with E-state index in [4.69, 9.17) is 14.3 Å². The van der Waals surface area contributed by atoms with Crippen LogP contribution in [0.4, 0.5) is 0 Å². The van der Waals surface area contributed by atoms with Crippen LogP contribution in [0.1, 0.15) is 38.5 Å². The van der Waals surface area contributed by atoms with Gasteiger partial charge in [-0.15, -0.1) is 0 Å². The summed E-state index contributed by atoms with van der Waals surface area (Å²) >= 11 is 0. The lowest BCUT2D eigenvalue weighted by atomic mass is 10.2. The summed E-state index contributed by atoms with van der Waals surface area (Å²) < 4.78 is 6.42. The summed E-state index contributed by atoms with van der Waals surface area (Å²) in [6.45, 7) is 8.78. The highest BCUT2D eigenvalue weighted by Gasteiger charge is 2.32. The Labute approximate surface area is 130 Å². The average molecular weight is 335 g/mol. The minimum absolute atomic E-state index is 0.237. The van der Waals surface area contributed by atoms with E-state index in [-0.39, 0.29) is 12.8 Å². The van der Waals surface area contributed by atoms with Crippen LogP contribution in [0.5, 0.6) is 0 Å². The predicted molar refractivity (Wildman–Crippen MR) is 88.6 cm³/mol. The van der Waals surface area contributed by atoms with Crippen molar-refractivity contribution < 1.29 is 23.9 Å². The summed E-state index contributed by atoms with van der Waals surface area (Å²) in [5, 5.41) is 17.3. The number of carbonyl (C=O) groups is 2. The molecule has 0 rings (SSSR count). The molecule has 0 atom stereocenters. The van der Waals surface area contributed by atoms with E-state index in [2.05, 4.69) is 26.2 Å². The summed E-state index contributed by atoms with van der Waals surface area (Å²) in [7, 11) is -3.48. The smallest absolute Gasteiger partial charge is 0.303 e. The SMILES string of the molecule is C[Si](C)(CCCCC(=O)O)O[Si](C)(C)CCCCC(=O)O. The van der Waals surface area contributed by atoms with Gasteiger partial charge in [-0.1, -0.05) is 12.8 Å². The Balaban J connectivity index is 4.03. The second-order valence-corrected chi connectivity index (χ2v) is 15.7. The monoisotopic (exact) mass is 334 g/mol. The standard InChI is InChI=1S/C14H30O5Si2/c1-20(2,11-7-5-9-13(15)16)19-21(3,4)12-8-6-10-14(17)18/h5-12H2,1-4H3,(H,15,16)(H,17,18). The zero-order chi connectivity index (χ0) is 16.5. The van der Waals surface area contributed by atoms with E-state index < -0.39 is 28.6 Å². The van der Waals surface area contributed by atoms with Gasteiger partial charge in [0.2, 0.25) is 0 Å². The molecule has 0 heterocycles. The fourth-order valence-electron chi connectivity index (χ4n) is 2.50. The van der Waals surface area contributed by atoms with Gasteiger partial charge in [-0.05, 0) is 51.1 Å². The van der Waals surface area contributed by atoms with Crippen LogP contribution in [0.2, 0.25) is 38.3 Å². The molecule has 0 aliphatic carbocycles. The van der Waals surface area contributed by atoms with E-state index in [0.717, 1.165) is 37.8 Å². The second-order valence-electron chi connectivity index (χ2n) is 6.82. The van der Waals surface area contributed by atoms with Crippen LogP contribution in [0.3, 0.4) is 0 Å². The topological polar surface area (TPSA) is 83.8 Å². The number of carboxylic acid groups (broad SMARTS) is 2. The van der Waals surface area contributed by atoms with E-state index in [1.54, 1.807) is 0 Å². The lowest BCUT2D eigenvalue weighted by Gasteiger charge is -2.34. The Morgan fingerprint density at radius 3 is 1.38 bits per heavy atom. The summed E-state index contributed by atoms with van der Waals surface area (Å²) in [5.74, 6) is -1.47. The molecule has 5 nitrogen and oxygen atoms in total. The van der Waals surface area contributed by atoms with Gasteiger partial charge in [0, 0.05) is 12.8 Å². The summed E-state index contributed by atoms with van der Waals surface area (Å²) in [4.78, 5) is 21.0. The zero-order valence-corrected chi connectivity index (χ0v) is 15.8. The molecule has 0 fully saturated rings. The van der Waals surface area contributed by atoms with Crippen molar-refractivity contribution in [1.82, 2.24) is 0 Å². The fraction of sp³-hybridized carbons (Fsp3) is 0.857. The van der Waals surface area contributed by atoms with Gasteiger partial charge in [0.25, 0.3) is 0 Å². The molecule has 0 aromatic heterocycles. The Bertz CT molecular complexity index is 310. The molecule has 0 aromatic carbocycles. The predicted octanol–water partition coefficient (Wildman–Crippen LogP) is 3.92. The molecule has 0 aliphatic heterocycles. The van der Waals surface area contributed by atoms with Crippen LogP contribution in [0, 0.1) is 0 Å². The lowest BCUT2D eigenvalue weighted by molar-refractivity contribution is -0.138. The van der Waals surface area contributed by atoms with Crippen molar-refractivity contribution >= 4 is 28.6 Å². The van der Waals surface area contributed by atoms with E-state index in [0.29, 0.717) is 0 Å². The van der Waals surface area contributed by atoms with Gasteiger partial charge in [-0.3, -0.25) is 9.59 Å². The van der Waals surface area contributed by atoms with Crippen molar-refractivity contribution in [1.29, 1.82) is 0 Å². The van der Waals surface area contributed by atoms with Crippen LogP contribution in [0.25, 0.3) is 0 Å². The van der Waals surface area contributed by atoms with Gasteiger partial charge in [0.1, 0.15) is 0 Å². The normalized spacial score (nSPS) is 12.4. The van der Waals surface area contributed by atoms with Crippen LogP contribution in [-0.2, 0) is 13.7 Å². The number of unbranched alkanes of at least 4 members (excludes halogenated alkanes) is 2. The van der Waals surface area contributed by atoms with Crippen molar-refractivity contribution in [2.75, 3.05) is 0 Å². The first-order chi connectivity index (χ1) is 9.54.